The summed E-state index contributed by atoms with van der Waals surface area (Å²) in [6.45, 7) is 2.95. The van der Waals surface area contributed by atoms with Crippen LogP contribution >= 0.6 is 0 Å². The highest BCUT2D eigenvalue weighted by Gasteiger charge is 2.28. The van der Waals surface area contributed by atoms with Gasteiger partial charge in [-0.25, -0.2) is 9.18 Å². The number of nitrogens with one attached hydrogen (secondary N) is 2. The molecule has 0 saturated carbocycles. The van der Waals surface area contributed by atoms with Crippen LogP contribution in [-0.2, 0) is 4.79 Å². The Balaban J connectivity index is 1.57. The van der Waals surface area contributed by atoms with Crippen LogP contribution in [0.25, 0.3) is 0 Å². The summed E-state index contributed by atoms with van der Waals surface area (Å²) < 4.78 is 13.0. The second-order valence-electron chi connectivity index (χ2n) is 6.58. The lowest BCUT2D eigenvalue weighted by Gasteiger charge is -2.32. The van der Waals surface area contributed by atoms with Crippen LogP contribution < -0.4 is 10.6 Å². The smallest absolute Gasteiger partial charge is 0.321 e. The van der Waals surface area contributed by atoms with E-state index < -0.39 is 0 Å². The van der Waals surface area contributed by atoms with Gasteiger partial charge in [0, 0.05) is 24.5 Å². The van der Waals surface area contributed by atoms with Crippen LogP contribution in [0, 0.1) is 18.7 Å². The SMILES string of the molecule is Cc1ccc(NC(=O)[C@@H]2CCCN(C(=O)Nc3ccc(F)cc3)C2)cc1. The summed E-state index contributed by atoms with van der Waals surface area (Å²) in [7, 11) is 0. The molecule has 0 aromatic heterocycles. The van der Waals surface area contributed by atoms with Gasteiger partial charge in [-0.15, -0.1) is 0 Å². The number of nitrogens with zero attached hydrogens (tertiary/aromatic N) is 1. The van der Waals surface area contributed by atoms with E-state index in [0.29, 0.717) is 18.8 Å². The maximum atomic E-state index is 13.0. The largest absolute Gasteiger partial charge is 0.326 e. The van der Waals surface area contributed by atoms with E-state index in [1.807, 2.05) is 31.2 Å². The molecular formula is C20H22FN3O2. The Hall–Kier alpha value is -2.89. The number of hydrogen-bond acceptors (Lipinski definition) is 2. The molecule has 2 N–H and O–H groups in total. The number of carbonyl (C=O) groups is 2. The van der Waals surface area contributed by atoms with Crippen molar-refractivity contribution < 1.29 is 14.0 Å². The fourth-order valence-corrected chi connectivity index (χ4v) is 2.99. The number of rotatable bonds is 3. The average Bonchev–Trinajstić information content (AvgIpc) is 2.65. The first-order valence-electron chi connectivity index (χ1n) is 8.70. The number of aryl methyl sites for hydroxylation is 1. The molecule has 1 aliphatic rings. The summed E-state index contributed by atoms with van der Waals surface area (Å²) in [5.41, 5.74) is 2.42. The molecule has 26 heavy (non-hydrogen) atoms. The number of piperidine rings is 1. The van der Waals surface area contributed by atoms with Crippen molar-refractivity contribution in [2.75, 3.05) is 23.7 Å². The molecule has 3 amide bonds. The number of benzene rings is 2. The van der Waals surface area contributed by atoms with Crippen molar-refractivity contribution in [2.45, 2.75) is 19.8 Å². The third kappa shape index (κ3) is 4.59. The number of urea groups is 1. The average molecular weight is 355 g/mol. The van der Waals surface area contributed by atoms with Crippen molar-refractivity contribution in [1.82, 2.24) is 4.90 Å². The monoisotopic (exact) mass is 355 g/mol. The van der Waals surface area contributed by atoms with E-state index in [2.05, 4.69) is 10.6 Å². The van der Waals surface area contributed by atoms with Gasteiger partial charge in [0.25, 0.3) is 0 Å². The Labute approximate surface area is 152 Å². The van der Waals surface area contributed by atoms with Crippen molar-refractivity contribution in [3.05, 3.63) is 59.9 Å². The third-order valence-corrected chi connectivity index (χ3v) is 4.49. The molecule has 0 spiro atoms. The van der Waals surface area contributed by atoms with Gasteiger partial charge >= 0.3 is 6.03 Å². The van der Waals surface area contributed by atoms with Crippen LogP contribution in [0.5, 0.6) is 0 Å². The summed E-state index contributed by atoms with van der Waals surface area (Å²) in [5, 5.41) is 5.66. The lowest BCUT2D eigenvalue weighted by molar-refractivity contribution is -0.121. The van der Waals surface area contributed by atoms with E-state index in [0.717, 1.165) is 24.1 Å². The first-order valence-corrected chi connectivity index (χ1v) is 8.70. The lowest BCUT2D eigenvalue weighted by atomic mass is 9.97. The molecule has 1 atom stereocenters. The number of amides is 3. The fraction of sp³-hybridized carbons (Fsp3) is 0.300. The van der Waals surface area contributed by atoms with Gasteiger partial charge in [0.05, 0.1) is 5.92 Å². The maximum absolute atomic E-state index is 13.0. The second kappa shape index (κ2) is 7.99. The highest BCUT2D eigenvalue weighted by Crippen LogP contribution is 2.20. The predicted molar refractivity (Wildman–Crippen MR) is 99.5 cm³/mol. The van der Waals surface area contributed by atoms with E-state index in [1.54, 1.807) is 4.90 Å². The summed E-state index contributed by atoms with van der Waals surface area (Å²) in [5.74, 6) is -0.675. The normalized spacial score (nSPS) is 16.8. The van der Waals surface area contributed by atoms with Crippen molar-refractivity contribution >= 4 is 23.3 Å². The van der Waals surface area contributed by atoms with Gasteiger partial charge in [-0.3, -0.25) is 4.79 Å². The quantitative estimate of drug-likeness (QED) is 0.874. The molecule has 1 heterocycles. The molecule has 0 unspecified atom stereocenters. The topological polar surface area (TPSA) is 61.4 Å². The lowest BCUT2D eigenvalue weighted by Crippen LogP contribution is -2.45. The molecule has 1 fully saturated rings. The fourth-order valence-electron chi connectivity index (χ4n) is 2.99. The molecule has 0 aliphatic carbocycles. The molecule has 0 radical (unpaired) electrons. The highest BCUT2D eigenvalue weighted by molar-refractivity contribution is 5.94. The van der Waals surface area contributed by atoms with Gasteiger partial charge < -0.3 is 15.5 Å². The van der Waals surface area contributed by atoms with Crippen LogP contribution in [0.1, 0.15) is 18.4 Å². The molecule has 1 aliphatic heterocycles. The van der Waals surface area contributed by atoms with Crippen LogP contribution in [0.15, 0.2) is 48.5 Å². The minimum absolute atomic E-state index is 0.0758. The summed E-state index contributed by atoms with van der Waals surface area (Å²) in [4.78, 5) is 26.5. The Morgan fingerprint density at radius 1 is 1.00 bits per heavy atom. The van der Waals surface area contributed by atoms with Crippen molar-refractivity contribution in [2.24, 2.45) is 5.92 Å². The highest BCUT2D eigenvalue weighted by atomic mass is 19.1. The predicted octanol–water partition coefficient (Wildman–Crippen LogP) is 4.02. The number of hydrogen-bond donors (Lipinski definition) is 2. The number of carbonyl (C=O) groups excluding carboxylic acids is 2. The van der Waals surface area contributed by atoms with Gasteiger partial charge in [0.2, 0.25) is 5.91 Å². The number of anilines is 2. The second-order valence-corrected chi connectivity index (χ2v) is 6.58. The Morgan fingerprint density at radius 2 is 1.62 bits per heavy atom. The Bertz CT molecular complexity index is 709. The first-order chi connectivity index (χ1) is 12.5. The Morgan fingerprint density at radius 3 is 2.31 bits per heavy atom. The zero-order valence-corrected chi connectivity index (χ0v) is 14.7. The van der Waals surface area contributed by atoms with E-state index >= 15 is 0 Å². The van der Waals surface area contributed by atoms with Crippen LogP contribution in [-0.4, -0.2) is 29.9 Å². The summed E-state index contributed by atoms with van der Waals surface area (Å²) >= 11 is 0. The van der Waals surface area contributed by atoms with Gasteiger partial charge in [0.1, 0.15) is 5.82 Å². The van der Waals surface area contributed by atoms with Crippen molar-refractivity contribution in [3.63, 3.8) is 0 Å². The van der Waals surface area contributed by atoms with Crippen molar-refractivity contribution in [3.8, 4) is 0 Å². The maximum Gasteiger partial charge on any atom is 0.321 e. The molecule has 136 valence electrons. The zero-order valence-electron chi connectivity index (χ0n) is 14.7. The summed E-state index contributed by atoms with van der Waals surface area (Å²) in [6.07, 6.45) is 1.51. The van der Waals surface area contributed by atoms with E-state index in [4.69, 9.17) is 0 Å². The van der Waals surface area contributed by atoms with Crippen molar-refractivity contribution in [1.29, 1.82) is 0 Å². The van der Waals surface area contributed by atoms with E-state index in [9.17, 15) is 14.0 Å². The summed E-state index contributed by atoms with van der Waals surface area (Å²) in [6, 6.07) is 13.0. The minimum atomic E-state index is -0.353. The first kappa shape index (κ1) is 17.9. The number of halogens is 1. The molecule has 5 nitrogen and oxygen atoms in total. The molecule has 3 rings (SSSR count). The van der Waals surface area contributed by atoms with Crippen LogP contribution in [0.4, 0.5) is 20.6 Å². The molecule has 6 heteroatoms. The van der Waals surface area contributed by atoms with Gasteiger partial charge in [-0.2, -0.15) is 0 Å². The molecule has 1 saturated heterocycles. The van der Waals surface area contributed by atoms with Gasteiger partial charge in [-0.05, 0) is 56.2 Å². The van der Waals surface area contributed by atoms with E-state index in [1.165, 1.54) is 24.3 Å². The molecular weight excluding hydrogens is 333 g/mol. The van der Waals surface area contributed by atoms with Crippen LogP contribution in [0.3, 0.4) is 0 Å². The van der Waals surface area contributed by atoms with Crippen LogP contribution in [0.2, 0.25) is 0 Å². The van der Waals surface area contributed by atoms with E-state index in [-0.39, 0.29) is 23.7 Å². The molecule has 0 bridgehead atoms. The molecule has 2 aromatic rings. The third-order valence-electron chi connectivity index (χ3n) is 4.49. The zero-order chi connectivity index (χ0) is 18.5. The van der Waals surface area contributed by atoms with Gasteiger partial charge in [-0.1, -0.05) is 17.7 Å². The van der Waals surface area contributed by atoms with Gasteiger partial charge in [0.15, 0.2) is 0 Å². The number of likely N-dealkylation sites (tertiary alicyclic amines) is 1. The molecule has 2 aromatic carbocycles. The standard InChI is InChI=1S/C20H22FN3O2/c1-14-4-8-17(9-5-14)22-19(25)15-3-2-12-24(13-15)20(26)23-18-10-6-16(21)7-11-18/h4-11,15H,2-3,12-13H2,1H3,(H,22,25)(H,23,26)/t15-/m1/s1. The Kier molecular flexibility index (Phi) is 5.51. The minimum Gasteiger partial charge on any atom is -0.326 e.